The predicted octanol–water partition coefficient (Wildman–Crippen LogP) is -0.640. The summed E-state index contributed by atoms with van der Waals surface area (Å²) < 4.78 is 1.69. The third-order valence-corrected chi connectivity index (χ3v) is 7.55. The number of aromatic nitrogens is 2. The number of oxime groups is 1. The van der Waals surface area contributed by atoms with E-state index in [2.05, 4.69) is 32.0 Å². The fourth-order valence-corrected chi connectivity index (χ4v) is 5.84. The average molecular weight is 571 g/mol. The number of fused-ring (bicyclic) bond motifs is 1. The fraction of sp³-hybridized carbons (Fsp3) is 0.217. The smallest absolute Gasteiger partial charge is 0.352 e. The van der Waals surface area contributed by atoms with Crippen molar-refractivity contribution in [1.29, 1.82) is 0 Å². The number of aliphatic carboxylic acids is 1. The van der Waals surface area contributed by atoms with Crippen molar-refractivity contribution in [2.75, 3.05) is 23.0 Å². The number of terminal acetylenes is 1. The summed E-state index contributed by atoms with van der Waals surface area (Å²) in [6, 6.07) is 2.34. The summed E-state index contributed by atoms with van der Waals surface area (Å²) in [7, 11) is 0. The van der Waals surface area contributed by atoms with Gasteiger partial charge in [-0.05, 0) is 6.07 Å². The first-order chi connectivity index (χ1) is 18.9. The minimum absolute atomic E-state index is 0.0792. The van der Waals surface area contributed by atoms with E-state index in [1.54, 1.807) is 29.1 Å². The number of nitrogens with one attached hydrogen (secondary N) is 3. The van der Waals surface area contributed by atoms with Crippen LogP contribution in [0.2, 0.25) is 0 Å². The summed E-state index contributed by atoms with van der Waals surface area (Å²) >= 11 is 2.33. The second-order valence-corrected chi connectivity index (χ2v) is 9.83. The number of hydrogen-bond donors (Lipinski definition) is 4. The number of carboxylic acid groups (broad SMARTS) is 1. The first-order valence-corrected chi connectivity index (χ1v) is 13.0. The van der Waals surface area contributed by atoms with Crippen LogP contribution in [0.25, 0.3) is 0 Å². The second-order valence-electron chi connectivity index (χ2n) is 7.86. The zero-order chi connectivity index (χ0) is 27.9. The Morgan fingerprint density at radius 3 is 2.87 bits per heavy atom. The average Bonchev–Trinajstić information content (AvgIpc) is 3.38. The number of rotatable bonds is 12. The summed E-state index contributed by atoms with van der Waals surface area (Å²) in [6.45, 7) is -0.0580. The maximum atomic E-state index is 13.1. The number of carbonyl (C=O) groups excluding carboxylic acids is 4. The highest BCUT2D eigenvalue weighted by atomic mass is 32.2. The molecule has 0 aliphatic carbocycles. The van der Waals surface area contributed by atoms with Crippen molar-refractivity contribution in [2.24, 2.45) is 5.16 Å². The van der Waals surface area contributed by atoms with E-state index >= 15 is 0 Å². The van der Waals surface area contributed by atoms with E-state index in [1.807, 2.05) is 0 Å². The highest BCUT2D eigenvalue weighted by Crippen LogP contribution is 2.40. The van der Waals surface area contributed by atoms with Crippen molar-refractivity contribution in [1.82, 2.24) is 15.2 Å². The van der Waals surface area contributed by atoms with Gasteiger partial charge in [-0.25, -0.2) is 9.78 Å². The summed E-state index contributed by atoms with van der Waals surface area (Å²) in [5.74, 6) is -0.197. The molecule has 4 rings (SSSR count). The van der Waals surface area contributed by atoms with Gasteiger partial charge >= 0.3 is 5.97 Å². The topological polar surface area (TPSA) is 183 Å². The minimum Gasteiger partial charge on any atom is -0.477 e. The van der Waals surface area contributed by atoms with E-state index in [0.717, 1.165) is 16.2 Å². The molecule has 2 aliphatic heterocycles. The lowest BCUT2D eigenvalue weighted by molar-refractivity contribution is -0.688. The van der Waals surface area contributed by atoms with Gasteiger partial charge in [0.1, 0.15) is 28.5 Å². The Hall–Kier alpha value is -4.75. The van der Waals surface area contributed by atoms with Crippen LogP contribution in [0.3, 0.4) is 0 Å². The van der Waals surface area contributed by atoms with Crippen LogP contribution < -0.4 is 20.5 Å². The summed E-state index contributed by atoms with van der Waals surface area (Å²) in [6.07, 6.45) is 9.46. The number of pyridine rings is 1. The molecule has 0 saturated carbocycles. The van der Waals surface area contributed by atoms with Crippen LogP contribution in [0.15, 0.2) is 46.3 Å². The molecule has 4 amide bonds. The molecule has 0 bridgehead atoms. The molecule has 16 heteroatoms. The Bertz CT molecular complexity index is 1430. The van der Waals surface area contributed by atoms with Gasteiger partial charge in [0.05, 0.1) is 0 Å². The van der Waals surface area contributed by atoms with E-state index in [1.165, 1.54) is 17.1 Å². The van der Waals surface area contributed by atoms with Crippen LogP contribution in [-0.4, -0.2) is 75.1 Å². The zero-order valence-corrected chi connectivity index (χ0v) is 21.5. The van der Waals surface area contributed by atoms with E-state index in [-0.39, 0.29) is 41.1 Å². The number of β-lactam (4-membered cyclic amide) rings is 1. The number of amides is 4. The van der Waals surface area contributed by atoms with E-state index in [4.69, 9.17) is 11.3 Å². The largest absolute Gasteiger partial charge is 0.477 e. The molecule has 200 valence electrons. The molecule has 14 nitrogen and oxygen atoms in total. The normalized spacial score (nSPS) is 18.3. The Balaban J connectivity index is 1.53. The summed E-state index contributed by atoms with van der Waals surface area (Å²) in [5, 5.41) is 22.1. The lowest BCUT2D eigenvalue weighted by Crippen LogP contribution is -2.71. The van der Waals surface area contributed by atoms with Crippen molar-refractivity contribution in [3.63, 3.8) is 0 Å². The Morgan fingerprint density at radius 1 is 1.36 bits per heavy atom. The van der Waals surface area contributed by atoms with Crippen molar-refractivity contribution < 1.29 is 38.5 Å². The van der Waals surface area contributed by atoms with Crippen LogP contribution in [0.4, 0.5) is 10.8 Å². The van der Waals surface area contributed by atoms with Gasteiger partial charge in [0, 0.05) is 22.8 Å². The third-order valence-electron chi connectivity index (χ3n) is 5.44. The van der Waals surface area contributed by atoms with Gasteiger partial charge in [0.2, 0.25) is 12.8 Å². The molecule has 4 heterocycles. The molecule has 1 unspecified atom stereocenters. The summed E-state index contributed by atoms with van der Waals surface area (Å²) in [4.78, 5) is 70.0. The third kappa shape index (κ3) is 5.89. The number of carboxylic acids is 1. The Kier molecular flexibility index (Phi) is 8.53. The lowest BCUT2D eigenvalue weighted by Gasteiger charge is -2.49. The molecular formula is C23H20N7O7S2+. The van der Waals surface area contributed by atoms with Gasteiger partial charge < -0.3 is 25.9 Å². The molecule has 0 aromatic carbocycles. The second kappa shape index (κ2) is 12.2. The predicted molar refractivity (Wildman–Crippen MR) is 139 cm³/mol. The van der Waals surface area contributed by atoms with Crippen LogP contribution in [0.1, 0.15) is 5.69 Å². The van der Waals surface area contributed by atoms with Gasteiger partial charge in [-0.2, -0.15) is 4.57 Å². The molecule has 1 fully saturated rings. The number of carbonyl (C=O) groups is 5. The van der Waals surface area contributed by atoms with Crippen LogP contribution in [0, 0.1) is 12.3 Å². The SMILES string of the molecule is C#CCON=C(C(=O)NC1C(=O)N2C(C(=O)O)=C(C[n+]3cccc(NC=O)c3)CS[C@H]12)c1csc(NC=O)n1. The van der Waals surface area contributed by atoms with Crippen molar-refractivity contribution in [3.05, 3.63) is 46.9 Å². The number of thiazole rings is 1. The zero-order valence-electron chi connectivity index (χ0n) is 19.9. The van der Waals surface area contributed by atoms with Gasteiger partial charge in [-0.15, -0.1) is 29.5 Å². The molecule has 2 aliphatic rings. The van der Waals surface area contributed by atoms with Crippen LogP contribution >= 0.6 is 23.1 Å². The standard InChI is InChI=1S/C23H19N7O7S2/c1-2-6-37-28-16(15-10-39-23(26-15)25-12-32)19(33)27-17-20(34)30-18(22(35)36)13(9-38-21(17)30)7-29-5-3-4-14(8-29)24-11-31/h1,3-5,8,10-12,17,21H,6-7,9H2,(H3-,24,25,26,27,31,32,33,35,36)/p+1/t17?,21-/m1/s1. The maximum absolute atomic E-state index is 13.1. The van der Waals surface area contributed by atoms with Crippen molar-refractivity contribution in [3.8, 4) is 12.3 Å². The Morgan fingerprint density at radius 2 is 2.15 bits per heavy atom. The quantitative estimate of drug-likeness (QED) is 0.0490. The number of nitrogens with zero attached hydrogens (tertiary/aromatic N) is 4. The van der Waals surface area contributed by atoms with Gasteiger partial charge in [-0.3, -0.25) is 24.1 Å². The number of hydrogen-bond acceptors (Lipinski definition) is 10. The molecule has 1 saturated heterocycles. The van der Waals surface area contributed by atoms with Crippen LogP contribution in [0.5, 0.6) is 0 Å². The van der Waals surface area contributed by atoms with Crippen molar-refractivity contribution >= 4 is 70.2 Å². The number of anilines is 2. The molecule has 4 N–H and O–H groups in total. The highest BCUT2D eigenvalue weighted by molar-refractivity contribution is 8.00. The van der Waals surface area contributed by atoms with Crippen LogP contribution in [-0.2, 0) is 35.4 Å². The molecule has 0 radical (unpaired) electrons. The van der Waals surface area contributed by atoms with E-state index in [9.17, 15) is 29.1 Å². The molecule has 2 atom stereocenters. The van der Waals surface area contributed by atoms with Gasteiger partial charge in [0.15, 0.2) is 36.4 Å². The Labute approximate surface area is 229 Å². The highest BCUT2D eigenvalue weighted by Gasteiger charge is 2.54. The van der Waals surface area contributed by atoms with E-state index < -0.39 is 29.2 Å². The minimum atomic E-state index is -1.28. The summed E-state index contributed by atoms with van der Waals surface area (Å²) in [5.41, 5.74) is 0.647. The molecular weight excluding hydrogens is 550 g/mol. The first kappa shape index (κ1) is 27.3. The van der Waals surface area contributed by atoms with Gasteiger partial charge in [-0.1, -0.05) is 11.1 Å². The fourth-order valence-electron chi connectivity index (χ4n) is 3.85. The maximum Gasteiger partial charge on any atom is 0.352 e. The monoisotopic (exact) mass is 570 g/mol. The number of thioether (sulfide) groups is 1. The molecule has 2 aromatic heterocycles. The van der Waals surface area contributed by atoms with Gasteiger partial charge in [0.25, 0.3) is 11.8 Å². The van der Waals surface area contributed by atoms with Crippen molar-refractivity contribution in [2.45, 2.75) is 18.0 Å². The molecule has 39 heavy (non-hydrogen) atoms. The van der Waals surface area contributed by atoms with E-state index in [0.29, 0.717) is 24.1 Å². The lowest BCUT2D eigenvalue weighted by atomic mass is 10.0. The first-order valence-electron chi connectivity index (χ1n) is 11.1. The molecule has 2 aromatic rings. The molecule has 0 spiro atoms.